The Morgan fingerprint density at radius 3 is 2.12 bits per heavy atom. The number of aromatic nitrogens is 2. The standard InChI is InChI=1S/C20H22BClN2O6S2/c1-13-6-8-15(9-7-13)31(25,26)32(27,28)24-12-17(16-10-14(22)11-23-18(16)24)21-29-19(2,3)20(4,5)30-21/h6-12H,1-5H3. The molecule has 1 aromatic carbocycles. The fourth-order valence-electron chi connectivity index (χ4n) is 3.34. The zero-order chi connectivity index (χ0) is 23.7. The highest BCUT2D eigenvalue weighted by molar-refractivity contribution is 8.66. The Kier molecular flexibility index (Phi) is 5.30. The highest BCUT2D eigenvalue weighted by Gasteiger charge is 2.53. The van der Waals surface area contributed by atoms with Crippen molar-refractivity contribution in [2.75, 3.05) is 0 Å². The van der Waals surface area contributed by atoms with Gasteiger partial charge in [0.2, 0.25) is 0 Å². The van der Waals surface area contributed by atoms with Crippen molar-refractivity contribution >= 4 is 53.1 Å². The van der Waals surface area contributed by atoms with Crippen molar-refractivity contribution in [3.63, 3.8) is 0 Å². The Labute approximate surface area is 192 Å². The minimum atomic E-state index is -4.94. The van der Waals surface area contributed by atoms with E-state index >= 15 is 0 Å². The lowest BCUT2D eigenvalue weighted by atomic mass is 9.79. The van der Waals surface area contributed by atoms with Gasteiger partial charge in [-0.3, -0.25) is 0 Å². The average Bonchev–Trinajstić information content (AvgIpc) is 3.16. The van der Waals surface area contributed by atoms with Gasteiger partial charge in [0.05, 0.1) is 21.1 Å². The fourth-order valence-corrected chi connectivity index (χ4v) is 7.06. The number of nitrogens with zero attached hydrogens (tertiary/aromatic N) is 2. The number of benzene rings is 1. The Morgan fingerprint density at radius 2 is 1.56 bits per heavy atom. The molecule has 0 spiro atoms. The van der Waals surface area contributed by atoms with Gasteiger partial charge in [0.15, 0.2) is 5.65 Å². The summed E-state index contributed by atoms with van der Waals surface area (Å²) in [7, 11) is -10.7. The molecule has 0 N–H and O–H groups in total. The summed E-state index contributed by atoms with van der Waals surface area (Å²) in [6.45, 7) is 9.20. The zero-order valence-electron chi connectivity index (χ0n) is 18.2. The number of fused-ring (bicyclic) bond motifs is 1. The van der Waals surface area contributed by atoms with Gasteiger partial charge in [0, 0.05) is 23.2 Å². The Bertz CT molecular complexity index is 1410. The van der Waals surface area contributed by atoms with Crippen molar-refractivity contribution in [2.45, 2.75) is 50.7 Å². The van der Waals surface area contributed by atoms with Crippen LogP contribution in [0.25, 0.3) is 11.0 Å². The van der Waals surface area contributed by atoms with E-state index in [1.807, 2.05) is 27.7 Å². The predicted molar refractivity (Wildman–Crippen MR) is 123 cm³/mol. The number of pyridine rings is 1. The molecule has 1 aliphatic rings. The highest BCUT2D eigenvalue weighted by atomic mass is 35.5. The molecule has 0 unspecified atom stereocenters. The van der Waals surface area contributed by atoms with E-state index in [4.69, 9.17) is 20.9 Å². The predicted octanol–water partition coefficient (Wildman–Crippen LogP) is 2.86. The van der Waals surface area contributed by atoms with Crippen LogP contribution in [-0.2, 0) is 27.2 Å². The summed E-state index contributed by atoms with van der Waals surface area (Å²) in [4.78, 5) is 3.77. The summed E-state index contributed by atoms with van der Waals surface area (Å²) in [5.74, 6) is 0. The van der Waals surface area contributed by atoms with Gasteiger partial charge in [0.1, 0.15) is 0 Å². The third-order valence-corrected chi connectivity index (χ3v) is 11.0. The maximum absolute atomic E-state index is 13.3. The second-order valence-corrected chi connectivity index (χ2v) is 14.4. The van der Waals surface area contributed by atoms with E-state index in [2.05, 4.69) is 4.98 Å². The van der Waals surface area contributed by atoms with Crippen LogP contribution < -0.4 is 5.46 Å². The Morgan fingerprint density at radius 1 is 1.00 bits per heavy atom. The molecule has 0 amide bonds. The minimum absolute atomic E-state index is 0.0881. The second kappa shape index (κ2) is 7.29. The first kappa shape index (κ1) is 23.3. The van der Waals surface area contributed by atoms with Crippen molar-refractivity contribution in [3.8, 4) is 0 Å². The van der Waals surface area contributed by atoms with E-state index in [-0.39, 0.29) is 15.6 Å². The highest BCUT2D eigenvalue weighted by Crippen LogP contribution is 2.37. The lowest BCUT2D eigenvalue weighted by molar-refractivity contribution is 0.00578. The Hall–Kier alpha value is -1.92. The number of halogens is 1. The summed E-state index contributed by atoms with van der Waals surface area (Å²) >= 11 is 6.11. The molecular formula is C20H22BClN2O6S2. The van der Waals surface area contributed by atoms with Gasteiger partial charge in [-0.2, -0.15) is 8.42 Å². The smallest absolute Gasteiger partial charge is 0.399 e. The number of hydrogen-bond donors (Lipinski definition) is 0. The summed E-state index contributed by atoms with van der Waals surface area (Å²) in [5, 5.41) is 0.575. The van der Waals surface area contributed by atoms with Gasteiger partial charge < -0.3 is 9.31 Å². The average molecular weight is 497 g/mol. The van der Waals surface area contributed by atoms with Gasteiger partial charge in [-0.1, -0.05) is 29.3 Å². The van der Waals surface area contributed by atoms with Crippen LogP contribution in [0.4, 0.5) is 0 Å². The van der Waals surface area contributed by atoms with Crippen molar-refractivity contribution in [3.05, 3.63) is 53.3 Å². The SMILES string of the molecule is Cc1ccc(S(=O)(=O)S(=O)(=O)n2cc(B3OC(C)(C)C(C)(C)O3)c3cc(Cl)cnc32)cc1. The molecule has 2 aromatic heterocycles. The summed E-state index contributed by atoms with van der Waals surface area (Å²) in [6, 6.07) is 7.09. The third-order valence-electron chi connectivity index (χ3n) is 5.94. The first-order valence-electron chi connectivity index (χ1n) is 9.77. The maximum Gasteiger partial charge on any atom is 0.497 e. The largest absolute Gasteiger partial charge is 0.497 e. The molecule has 0 atom stereocenters. The van der Waals surface area contributed by atoms with Crippen LogP contribution in [0, 0.1) is 6.92 Å². The lowest BCUT2D eigenvalue weighted by Crippen LogP contribution is -2.41. The topological polar surface area (TPSA) is 105 Å². The molecule has 32 heavy (non-hydrogen) atoms. The molecule has 8 nitrogen and oxygen atoms in total. The normalized spacial score (nSPS) is 18.4. The van der Waals surface area contributed by atoms with E-state index in [0.29, 0.717) is 14.8 Å². The van der Waals surface area contributed by atoms with Crippen LogP contribution in [0.15, 0.2) is 47.6 Å². The molecule has 1 aliphatic heterocycles. The zero-order valence-corrected chi connectivity index (χ0v) is 20.5. The molecule has 3 heterocycles. The van der Waals surface area contributed by atoms with E-state index in [9.17, 15) is 16.8 Å². The van der Waals surface area contributed by atoms with E-state index in [0.717, 1.165) is 5.56 Å². The van der Waals surface area contributed by atoms with Crippen LogP contribution in [0.5, 0.6) is 0 Å². The van der Waals surface area contributed by atoms with Crippen molar-refractivity contribution in [1.82, 2.24) is 8.96 Å². The van der Waals surface area contributed by atoms with Crippen LogP contribution >= 0.6 is 11.6 Å². The van der Waals surface area contributed by atoms with Crippen LogP contribution in [-0.4, -0.2) is 44.1 Å². The second-order valence-electron chi connectivity index (χ2n) is 8.72. The molecule has 3 aromatic rings. The van der Waals surface area contributed by atoms with Gasteiger partial charge >= 0.3 is 25.0 Å². The maximum atomic E-state index is 13.3. The van der Waals surface area contributed by atoms with Gasteiger partial charge in [-0.15, -0.1) is 0 Å². The minimum Gasteiger partial charge on any atom is -0.399 e. The molecule has 0 bridgehead atoms. The molecule has 0 radical (unpaired) electrons. The van der Waals surface area contributed by atoms with Crippen molar-refractivity contribution < 1.29 is 26.1 Å². The van der Waals surface area contributed by atoms with E-state index in [1.54, 1.807) is 6.92 Å². The van der Waals surface area contributed by atoms with Gasteiger partial charge in [-0.05, 0) is 52.8 Å². The molecule has 12 heteroatoms. The molecular weight excluding hydrogens is 475 g/mol. The number of rotatable bonds is 4. The van der Waals surface area contributed by atoms with Crippen LogP contribution in [0.3, 0.4) is 0 Å². The van der Waals surface area contributed by atoms with Crippen molar-refractivity contribution in [2.24, 2.45) is 0 Å². The van der Waals surface area contributed by atoms with Crippen LogP contribution in [0.1, 0.15) is 33.3 Å². The molecule has 0 saturated carbocycles. The number of hydrogen-bond acceptors (Lipinski definition) is 7. The van der Waals surface area contributed by atoms with Gasteiger partial charge in [-0.25, -0.2) is 17.4 Å². The molecule has 0 aliphatic carbocycles. The van der Waals surface area contributed by atoms with Crippen LogP contribution in [0.2, 0.25) is 5.02 Å². The molecule has 1 saturated heterocycles. The summed E-state index contributed by atoms with van der Waals surface area (Å²) in [6.07, 6.45) is 2.43. The summed E-state index contributed by atoms with van der Waals surface area (Å²) in [5.41, 5.74) is -0.353. The van der Waals surface area contributed by atoms with E-state index in [1.165, 1.54) is 42.7 Å². The molecule has 1 fully saturated rings. The molecule has 4 rings (SSSR count). The fraction of sp³-hybridized carbons (Fsp3) is 0.350. The lowest BCUT2D eigenvalue weighted by Gasteiger charge is -2.32. The summed E-state index contributed by atoms with van der Waals surface area (Å²) < 4.78 is 65.6. The Balaban J connectivity index is 1.92. The first-order chi connectivity index (χ1) is 14.7. The van der Waals surface area contributed by atoms with Crippen molar-refractivity contribution in [1.29, 1.82) is 0 Å². The van der Waals surface area contributed by atoms with E-state index < -0.39 is 36.2 Å². The monoisotopic (exact) mass is 496 g/mol. The third kappa shape index (κ3) is 3.47. The van der Waals surface area contributed by atoms with Gasteiger partial charge in [0.25, 0.3) is 0 Å². The quantitative estimate of drug-likeness (QED) is 0.404. The first-order valence-corrected chi connectivity index (χ1v) is 13.6. The number of aryl methyl sites for hydroxylation is 1. The molecule has 170 valence electrons.